The third-order valence-corrected chi connectivity index (χ3v) is 4.23. The van der Waals surface area contributed by atoms with Crippen LogP contribution in [0.5, 0.6) is 0 Å². The number of aryl methyl sites for hydroxylation is 1. The molecule has 1 N–H and O–H groups in total. The van der Waals surface area contributed by atoms with Crippen LogP contribution in [0.4, 0.5) is 4.79 Å². The van der Waals surface area contributed by atoms with Gasteiger partial charge in [-0.15, -0.1) is 5.01 Å². The summed E-state index contributed by atoms with van der Waals surface area (Å²) in [6.45, 7) is 3.85. The lowest BCUT2D eigenvalue weighted by molar-refractivity contribution is -0.131. The van der Waals surface area contributed by atoms with Crippen molar-refractivity contribution in [1.29, 1.82) is 0 Å². The molecule has 3 rings (SSSR count). The Kier molecular flexibility index (Phi) is 4.16. The minimum absolute atomic E-state index is 0.356. The van der Waals surface area contributed by atoms with Crippen LogP contribution in [0.15, 0.2) is 59.7 Å². The summed E-state index contributed by atoms with van der Waals surface area (Å²) in [5, 5.41) is 7.83. The smallest absolute Gasteiger partial charge is 0.318 e. The summed E-state index contributed by atoms with van der Waals surface area (Å²) in [6, 6.07) is 16.5. The van der Waals surface area contributed by atoms with Crippen molar-refractivity contribution in [2.75, 3.05) is 0 Å². The number of carbonyl (C=O) groups is 2. The number of nitrogens with zero attached hydrogens (tertiary/aromatic N) is 2. The van der Waals surface area contributed by atoms with Gasteiger partial charge in [-0.25, -0.2) is 4.79 Å². The first-order valence-corrected chi connectivity index (χ1v) is 7.90. The van der Waals surface area contributed by atoms with Crippen LogP contribution < -0.4 is 5.32 Å². The number of hydrogen-bond acceptors (Lipinski definition) is 3. The second-order valence-corrected chi connectivity index (χ2v) is 5.83. The Balaban J connectivity index is 1.91. The SMILES string of the molecule is CC[C@]1(c2ccccc2)NC(=O)N(/N=C\c2cccc(C)c2)C1=O. The fraction of sp³-hybridized carbons (Fsp3) is 0.211. The molecule has 0 unspecified atom stereocenters. The van der Waals surface area contributed by atoms with Crippen LogP contribution in [0.25, 0.3) is 0 Å². The van der Waals surface area contributed by atoms with Gasteiger partial charge in [-0.1, -0.05) is 67.1 Å². The zero-order valence-corrected chi connectivity index (χ0v) is 13.7. The Morgan fingerprint density at radius 2 is 1.88 bits per heavy atom. The van der Waals surface area contributed by atoms with Crippen molar-refractivity contribution in [2.45, 2.75) is 25.8 Å². The van der Waals surface area contributed by atoms with Crippen LogP contribution in [-0.2, 0) is 10.3 Å². The number of urea groups is 1. The number of amides is 3. The summed E-state index contributed by atoms with van der Waals surface area (Å²) in [5.41, 5.74) is 1.63. The fourth-order valence-electron chi connectivity index (χ4n) is 2.90. The van der Waals surface area contributed by atoms with Crippen LogP contribution in [0.1, 0.15) is 30.0 Å². The normalized spacial score (nSPS) is 20.7. The van der Waals surface area contributed by atoms with Crippen LogP contribution in [0, 0.1) is 6.92 Å². The monoisotopic (exact) mass is 321 g/mol. The summed E-state index contributed by atoms with van der Waals surface area (Å²) in [4.78, 5) is 25.2. The molecule has 1 fully saturated rings. The van der Waals surface area contributed by atoms with Crippen molar-refractivity contribution >= 4 is 18.2 Å². The molecule has 1 heterocycles. The first-order valence-electron chi connectivity index (χ1n) is 7.90. The Morgan fingerprint density at radius 3 is 2.54 bits per heavy atom. The number of nitrogens with one attached hydrogen (secondary N) is 1. The van der Waals surface area contributed by atoms with E-state index < -0.39 is 11.6 Å². The summed E-state index contributed by atoms with van der Waals surface area (Å²) < 4.78 is 0. The molecule has 2 aromatic rings. The van der Waals surface area contributed by atoms with Gasteiger partial charge in [0.15, 0.2) is 0 Å². The lowest BCUT2D eigenvalue weighted by atomic mass is 9.87. The van der Waals surface area contributed by atoms with Crippen LogP contribution in [-0.4, -0.2) is 23.2 Å². The predicted octanol–water partition coefficient (Wildman–Crippen LogP) is 3.19. The topological polar surface area (TPSA) is 61.8 Å². The van der Waals surface area contributed by atoms with E-state index in [1.54, 1.807) is 0 Å². The van der Waals surface area contributed by atoms with Gasteiger partial charge in [0.05, 0.1) is 6.21 Å². The molecule has 0 saturated carbocycles. The van der Waals surface area contributed by atoms with Gasteiger partial charge in [0.1, 0.15) is 5.54 Å². The predicted molar refractivity (Wildman–Crippen MR) is 92.6 cm³/mol. The number of hydrogen-bond donors (Lipinski definition) is 1. The Bertz CT molecular complexity index is 801. The molecule has 5 heteroatoms. The van der Waals surface area contributed by atoms with Crippen molar-refractivity contribution in [2.24, 2.45) is 5.10 Å². The van der Waals surface area contributed by atoms with Gasteiger partial charge < -0.3 is 5.32 Å². The molecule has 5 nitrogen and oxygen atoms in total. The van der Waals surface area contributed by atoms with Crippen molar-refractivity contribution in [3.05, 3.63) is 71.3 Å². The first kappa shape index (κ1) is 15.9. The number of benzene rings is 2. The molecule has 1 saturated heterocycles. The molecule has 0 bridgehead atoms. The summed E-state index contributed by atoms with van der Waals surface area (Å²) >= 11 is 0. The fourth-order valence-corrected chi connectivity index (χ4v) is 2.90. The molecular weight excluding hydrogens is 302 g/mol. The maximum atomic E-state index is 12.9. The van der Waals surface area contributed by atoms with Crippen LogP contribution in [0.3, 0.4) is 0 Å². The molecule has 3 amide bonds. The highest BCUT2D eigenvalue weighted by Crippen LogP contribution is 2.32. The van der Waals surface area contributed by atoms with Gasteiger partial charge in [-0.2, -0.15) is 5.10 Å². The van der Waals surface area contributed by atoms with E-state index in [9.17, 15) is 9.59 Å². The second-order valence-electron chi connectivity index (χ2n) is 5.83. The largest absolute Gasteiger partial charge is 0.346 e. The maximum absolute atomic E-state index is 12.9. The van der Waals surface area contributed by atoms with Gasteiger partial charge >= 0.3 is 6.03 Å². The van der Waals surface area contributed by atoms with Crippen LogP contribution in [0.2, 0.25) is 0 Å². The van der Waals surface area contributed by atoms with E-state index in [0.717, 1.165) is 21.7 Å². The number of carbonyl (C=O) groups excluding carboxylic acids is 2. The summed E-state index contributed by atoms with van der Waals surface area (Å²) in [7, 11) is 0. The zero-order valence-electron chi connectivity index (χ0n) is 13.7. The molecule has 24 heavy (non-hydrogen) atoms. The van der Waals surface area contributed by atoms with E-state index in [4.69, 9.17) is 0 Å². The van der Waals surface area contributed by atoms with Crippen molar-refractivity contribution in [3.63, 3.8) is 0 Å². The highest BCUT2D eigenvalue weighted by Gasteiger charge is 2.51. The molecular formula is C19H19N3O2. The van der Waals surface area contributed by atoms with Gasteiger partial charge in [0, 0.05) is 0 Å². The van der Waals surface area contributed by atoms with Gasteiger partial charge in [-0.3, -0.25) is 4.79 Å². The average Bonchev–Trinajstić information content (AvgIpc) is 2.85. The Labute approximate surface area is 141 Å². The third-order valence-electron chi connectivity index (χ3n) is 4.23. The molecule has 122 valence electrons. The molecule has 1 aliphatic rings. The summed E-state index contributed by atoms with van der Waals surface area (Å²) in [6.07, 6.45) is 1.99. The van der Waals surface area contributed by atoms with Gasteiger partial charge in [0.2, 0.25) is 0 Å². The Morgan fingerprint density at radius 1 is 1.12 bits per heavy atom. The van der Waals surface area contributed by atoms with E-state index in [0.29, 0.717) is 6.42 Å². The molecule has 0 radical (unpaired) electrons. The highest BCUT2D eigenvalue weighted by atomic mass is 16.2. The van der Waals surface area contributed by atoms with Crippen molar-refractivity contribution in [3.8, 4) is 0 Å². The third kappa shape index (κ3) is 2.69. The number of imide groups is 1. The molecule has 1 atom stereocenters. The van der Waals surface area contributed by atoms with Crippen molar-refractivity contribution in [1.82, 2.24) is 10.3 Å². The maximum Gasteiger partial charge on any atom is 0.346 e. The van der Waals surface area contributed by atoms with Crippen LogP contribution >= 0.6 is 0 Å². The Hall–Kier alpha value is -2.95. The van der Waals surface area contributed by atoms with Crippen molar-refractivity contribution < 1.29 is 9.59 Å². The van der Waals surface area contributed by atoms with E-state index in [1.165, 1.54) is 6.21 Å². The highest BCUT2D eigenvalue weighted by molar-refractivity contribution is 6.07. The molecule has 1 aliphatic heterocycles. The quantitative estimate of drug-likeness (QED) is 0.694. The zero-order chi connectivity index (χ0) is 17.2. The lowest BCUT2D eigenvalue weighted by Gasteiger charge is -2.24. The molecule has 0 aromatic heterocycles. The standard InChI is InChI=1S/C19H19N3O2/c1-3-19(16-10-5-4-6-11-16)17(23)22(18(24)21-19)20-13-15-9-7-8-14(2)12-15/h4-13H,3H2,1-2H3,(H,21,24)/b20-13-/t19-/m1/s1. The summed E-state index contributed by atoms with van der Waals surface area (Å²) in [5.74, 6) is -0.356. The molecule has 0 spiro atoms. The second kappa shape index (κ2) is 6.28. The van der Waals surface area contributed by atoms with E-state index in [1.807, 2.05) is 68.4 Å². The van der Waals surface area contributed by atoms with Gasteiger partial charge in [-0.05, 0) is 24.5 Å². The molecule has 2 aromatic carbocycles. The van der Waals surface area contributed by atoms with E-state index >= 15 is 0 Å². The van der Waals surface area contributed by atoms with E-state index in [2.05, 4.69) is 10.4 Å². The average molecular weight is 321 g/mol. The minimum Gasteiger partial charge on any atom is -0.318 e. The lowest BCUT2D eigenvalue weighted by Crippen LogP contribution is -2.43. The number of hydrazone groups is 1. The number of rotatable bonds is 4. The van der Waals surface area contributed by atoms with E-state index in [-0.39, 0.29) is 5.91 Å². The van der Waals surface area contributed by atoms with Gasteiger partial charge in [0.25, 0.3) is 5.91 Å². The minimum atomic E-state index is -1.05. The first-order chi connectivity index (χ1) is 11.6. The molecule has 0 aliphatic carbocycles.